The smallest absolute Gasteiger partial charge is 0.0479 e. The second-order valence-corrected chi connectivity index (χ2v) is 3.26. The average molecular weight is 188 g/mol. The number of piperazine rings is 1. The molecule has 0 aliphatic carbocycles. The van der Waals surface area contributed by atoms with Crippen LogP contribution >= 0.6 is 0 Å². The molecule has 1 saturated heterocycles. The highest BCUT2D eigenvalue weighted by Crippen LogP contribution is 1.97. The largest absolute Gasteiger partial charge is 0.307 e. The standard InChI is InChI=1S/C8H20N4.CH4/c1-9-7-11-3-5-12(6-4-11)8-10-2;/h9-10H,3-8H2,1-2H3;1H4. The average Bonchev–Trinajstić information content (AvgIpc) is 2.09. The highest BCUT2D eigenvalue weighted by molar-refractivity contribution is 4.69. The molecule has 0 bridgehead atoms. The third-order valence-corrected chi connectivity index (χ3v) is 2.23. The van der Waals surface area contributed by atoms with Gasteiger partial charge in [-0.2, -0.15) is 0 Å². The first kappa shape index (κ1) is 12.8. The summed E-state index contributed by atoms with van der Waals surface area (Å²) in [5.74, 6) is 0. The van der Waals surface area contributed by atoms with Crippen molar-refractivity contribution in [2.24, 2.45) is 0 Å². The van der Waals surface area contributed by atoms with Gasteiger partial charge >= 0.3 is 0 Å². The molecule has 4 heteroatoms. The van der Waals surface area contributed by atoms with Crippen LogP contribution in [0.2, 0.25) is 0 Å². The molecule has 4 nitrogen and oxygen atoms in total. The molecule has 0 amide bonds. The minimum absolute atomic E-state index is 0. The highest BCUT2D eigenvalue weighted by atomic mass is 15.3. The van der Waals surface area contributed by atoms with E-state index in [1.165, 1.54) is 26.2 Å². The lowest BCUT2D eigenvalue weighted by Crippen LogP contribution is -2.50. The van der Waals surface area contributed by atoms with Gasteiger partial charge in [-0.05, 0) is 14.1 Å². The summed E-state index contributed by atoms with van der Waals surface area (Å²) in [4.78, 5) is 4.87. The van der Waals surface area contributed by atoms with Gasteiger partial charge in [0, 0.05) is 39.5 Å². The molecule has 0 saturated carbocycles. The Morgan fingerprint density at radius 3 is 1.38 bits per heavy atom. The summed E-state index contributed by atoms with van der Waals surface area (Å²) in [5, 5.41) is 6.35. The molecule has 1 aliphatic heterocycles. The summed E-state index contributed by atoms with van der Waals surface area (Å²) < 4.78 is 0. The van der Waals surface area contributed by atoms with Crippen LogP contribution in [0.1, 0.15) is 7.43 Å². The van der Waals surface area contributed by atoms with Crippen molar-refractivity contribution in [1.82, 2.24) is 20.4 Å². The fourth-order valence-electron chi connectivity index (χ4n) is 1.55. The zero-order chi connectivity index (χ0) is 8.81. The van der Waals surface area contributed by atoms with Gasteiger partial charge in [-0.15, -0.1) is 0 Å². The van der Waals surface area contributed by atoms with Crippen LogP contribution in [0, 0.1) is 0 Å². The molecule has 80 valence electrons. The summed E-state index contributed by atoms with van der Waals surface area (Å²) in [7, 11) is 4.00. The molecule has 1 rings (SSSR count). The lowest BCUT2D eigenvalue weighted by atomic mass is 10.3. The quantitative estimate of drug-likeness (QED) is 0.628. The predicted octanol–water partition coefficient (Wildman–Crippen LogP) is -0.406. The summed E-state index contributed by atoms with van der Waals surface area (Å²) >= 11 is 0. The molecule has 0 aromatic carbocycles. The van der Waals surface area contributed by atoms with Gasteiger partial charge < -0.3 is 10.6 Å². The molecular formula is C9H24N4. The SMILES string of the molecule is C.CNCN1CCN(CNC)CC1. The Morgan fingerprint density at radius 2 is 1.15 bits per heavy atom. The van der Waals surface area contributed by atoms with Gasteiger partial charge in [-0.25, -0.2) is 0 Å². The van der Waals surface area contributed by atoms with E-state index in [2.05, 4.69) is 20.4 Å². The van der Waals surface area contributed by atoms with E-state index in [0.29, 0.717) is 0 Å². The van der Waals surface area contributed by atoms with E-state index in [-0.39, 0.29) is 7.43 Å². The minimum Gasteiger partial charge on any atom is -0.307 e. The van der Waals surface area contributed by atoms with Crippen molar-refractivity contribution in [2.45, 2.75) is 7.43 Å². The Bertz CT molecular complexity index is 96.2. The normalized spacial score (nSPS) is 19.8. The molecule has 1 aliphatic rings. The Morgan fingerprint density at radius 1 is 0.846 bits per heavy atom. The van der Waals surface area contributed by atoms with Gasteiger partial charge in [-0.1, -0.05) is 7.43 Å². The van der Waals surface area contributed by atoms with Crippen molar-refractivity contribution in [2.75, 3.05) is 53.6 Å². The Balaban J connectivity index is 0.00000144. The summed E-state index contributed by atoms with van der Waals surface area (Å²) in [6.07, 6.45) is 0. The van der Waals surface area contributed by atoms with E-state index in [0.717, 1.165) is 13.3 Å². The van der Waals surface area contributed by atoms with Crippen molar-refractivity contribution in [3.63, 3.8) is 0 Å². The maximum absolute atomic E-state index is 3.18. The molecule has 13 heavy (non-hydrogen) atoms. The van der Waals surface area contributed by atoms with E-state index < -0.39 is 0 Å². The second-order valence-electron chi connectivity index (χ2n) is 3.26. The third-order valence-electron chi connectivity index (χ3n) is 2.23. The summed E-state index contributed by atoms with van der Waals surface area (Å²) in [5.41, 5.74) is 0. The Labute approximate surface area is 82.3 Å². The predicted molar refractivity (Wildman–Crippen MR) is 57.7 cm³/mol. The van der Waals surface area contributed by atoms with Crippen LogP contribution in [0.3, 0.4) is 0 Å². The zero-order valence-corrected chi connectivity index (χ0v) is 8.14. The van der Waals surface area contributed by atoms with E-state index >= 15 is 0 Å². The molecule has 2 N–H and O–H groups in total. The van der Waals surface area contributed by atoms with Crippen LogP contribution in [0.5, 0.6) is 0 Å². The second kappa shape index (κ2) is 7.26. The van der Waals surface area contributed by atoms with Crippen LogP contribution in [0.4, 0.5) is 0 Å². The van der Waals surface area contributed by atoms with Crippen molar-refractivity contribution in [1.29, 1.82) is 0 Å². The topological polar surface area (TPSA) is 30.5 Å². The first-order chi connectivity index (χ1) is 5.86. The fourth-order valence-corrected chi connectivity index (χ4v) is 1.55. The monoisotopic (exact) mass is 188 g/mol. The minimum atomic E-state index is 0. The van der Waals surface area contributed by atoms with Crippen molar-refractivity contribution in [3.05, 3.63) is 0 Å². The van der Waals surface area contributed by atoms with Crippen molar-refractivity contribution >= 4 is 0 Å². The van der Waals surface area contributed by atoms with E-state index in [1.807, 2.05) is 14.1 Å². The summed E-state index contributed by atoms with van der Waals surface area (Å²) in [6, 6.07) is 0. The summed E-state index contributed by atoms with van der Waals surface area (Å²) in [6.45, 7) is 6.77. The molecule has 0 radical (unpaired) electrons. The van der Waals surface area contributed by atoms with Crippen LogP contribution < -0.4 is 10.6 Å². The van der Waals surface area contributed by atoms with E-state index in [4.69, 9.17) is 0 Å². The molecule has 1 fully saturated rings. The molecule has 0 spiro atoms. The Hall–Kier alpha value is -0.160. The fraction of sp³-hybridized carbons (Fsp3) is 1.00. The molecule has 1 heterocycles. The first-order valence-electron chi connectivity index (χ1n) is 4.60. The van der Waals surface area contributed by atoms with Gasteiger partial charge in [0.25, 0.3) is 0 Å². The lowest BCUT2D eigenvalue weighted by Gasteiger charge is -2.34. The third kappa shape index (κ3) is 4.57. The number of nitrogens with zero attached hydrogens (tertiary/aromatic N) is 2. The van der Waals surface area contributed by atoms with Crippen molar-refractivity contribution < 1.29 is 0 Å². The van der Waals surface area contributed by atoms with Gasteiger partial charge in [0.05, 0.1) is 0 Å². The molecular weight excluding hydrogens is 164 g/mol. The van der Waals surface area contributed by atoms with Crippen LogP contribution in [0.15, 0.2) is 0 Å². The number of rotatable bonds is 4. The maximum Gasteiger partial charge on any atom is 0.0479 e. The number of nitrogens with one attached hydrogen (secondary N) is 2. The number of hydrogen-bond donors (Lipinski definition) is 2. The first-order valence-corrected chi connectivity index (χ1v) is 4.60. The number of hydrogen-bond acceptors (Lipinski definition) is 4. The molecule has 0 unspecified atom stereocenters. The van der Waals surface area contributed by atoms with Gasteiger partial charge in [0.1, 0.15) is 0 Å². The maximum atomic E-state index is 3.18. The van der Waals surface area contributed by atoms with Crippen LogP contribution in [0.25, 0.3) is 0 Å². The highest BCUT2D eigenvalue weighted by Gasteiger charge is 2.14. The van der Waals surface area contributed by atoms with Gasteiger partial charge in [0.15, 0.2) is 0 Å². The van der Waals surface area contributed by atoms with Crippen LogP contribution in [-0.2, 0) is 0 Å². The molecule has 0 aromatic rings. The lowest BCUT2D eigenvalue weighted by molar-refractivity contribution is 0.123. The van der Waals surface area contributed by atoms with Crippen LogP contribution in [-0.4, -0.2) is 63.4 Å². The van der Waals surface area contributed by atoms with Crippen molar-refractivity contribution in [3.8, 4) is 0 Å². The van der Waals surface area contributed by atoms with E-state index in [9.17, 15) is 0 Å². The van der Waals surface area contributed by atoms with Gasteiger partial charge in [0.2, 0.25) is 0 Å². The molecule has 0 aromatic heterocycles. The Kier molecular flexibility index (Phi) is 7.17. The van der Waals surface area contributed by atoms with Gasteiger partial charge in [-0.3, -0.25) is 9.80 Å². The molecule has 0 atom stereocenters. The van der Waals surface area contributed by atoms with E-state index in [1.54, 1.807) is 0 Å². The zero-order valence-electron chi connectivity index (χ0n) is 8.14.